The highest BCUT2D eigenvalue weighted by atomic mass is 32.2. The number of anilines is 1. The molecule has 0 saturated carbocycles. The average Bonchev–Trinajstić information content (AvgIpc) is 3.03. The van der Waals surface area contributed by atoms with Crippen molar-refractivity contribution in [1.29, 1.82) is 0 Å². The van der Waals surface area contributed by atoms with Gasteiger partial charge in [0.15, 0.2) is 0 Å². The molecule has 26 heavy (non-hydrogen) atoms. The fraction of sp³-hybridized carbons (Fsp3) is 0.688. The summed E-state index contributed by atoms with van der Waals surface area (Å²) in [6, 6.07) is 1.45. The van der Waals surface area contributed by atoms with Crippen molar-refractivity contribution in [1.82, 2.24) is 23.5 Å². The molecule has 0 aliphatic carbocycles. The zero-order chi connectivity index (χ0) is 19.1. The minimum atomic E-state index is -3.61. The molecule has 0 aromatic carbocycles. The predicted molar refractivity (Wildman–Crippen MR) is 97.7 cm³/mol. The Morgan fingerprint density at radius 3 is 2.46 bits per heavy atom. The molecule has 0 bridgehead atoms. The van der Waals surface area contributed by atoms with E-state index < -0.39 is 15.6 Å². The van der Waals surface area contributed by atoms with Crippen LogP contribution in [0.1, 0.15) is 12.8 Å². The van der Waals surface area contributed by atoms with Gasteiger partial charge in [-0.15, -0.1) is 0 Å². The van der Waals surface area contributed by atoms with Gasteiger partial charge in [0.25, 0.3) is 10.2 Å². The van der Waals surface area contributed by atoms with Gasteiger partial charge in [0, 0.05) is 60.2 Å². The molecule has 0 radical (unpaired) electrons. The van der Waals surface area contributed by atoms with Crippen molar-refractivity contribution in [2.45, 2.75) is 18.9 Å². The van der Waals surface area contributed by atoms with Crippen molar-refractivity contribution in [2.75, 3.05) is 52.7 Å². The molecule has 0 N–H and O–H groups in total. The Hall–Kier alpha value is -1.78. The van der Waals surface area contributed by atoms with E-state index in [0.717, 1.165) is 6.42 Å². The lowest BCUT2D eigenvalue weighted by molar-refractivity contribution is -0.140. The number of piperidine rings is 1. The van der Waals surface area contributed by atoms with Gasteiger partial charge in [-0.05, 0) is 18.9 Å². The smallest absolute Gasteiger partial charge is 0.281 e. The lowest BCUT2D eigenvalue weighted by Crippen LogP contribution is -2.58. The molecule has 2 fully saturated rings. The number of nitrogens with zero attached hydrogens (tertiary/aromatic N) is 6. The number of carbonyl (C=O) groups is 1. The SMILES string of the molecule is CN(C)C(=O)[C@@]12CCCN(c3ncccn3)[C@@H]1CN(S(=O)(=O)N(C)C)C2. The van der Waals surface area contributed by atoms with Crippen LogP contribution in [0, 0.1) is 5.41 Å². The highest BCUT2D eigenvalue weighted by Gasteiger charge is 2.59. The third kappa shape index (κ3) is 2.95. The molecule has 0 spiro atoms. The number of amides is 1. The van der Waals surface area contributed by atoms with E-state index in [1.807, 2.05) is 4.90 Å². The molecule has 144 valence electrons. The Balaban J connectivity index is 2.05. The van der Waals surface area contributed by atoms with E-state index in [2.05, 4.69) is 9.97 Å². The largest absolute Gasteiger partial charge is 0.348 e. The van der Waals surface area contributed by atoms with Crippen LogP contribution < -0.4 is 4.90 Å². The maximum atomic E-state index is 13.1. The fourth-order valence-corrected chi connectivity index (χ4v) is 5.25. The van der Waals surface area contributed by atoms with E-state index in [4.69, 9.17) is 0 Å². The zero-order valence-electron chi connectivity index (χ0n) is 15.7. The molecule has 2 aliphatic rings. The Kier molecular flexibility index (Phi) is 4.93. The molecule has 0 unspecified atom stereocenters. The fourth-order valence-electron chi connectivity index (χ4n) is 4.06. The lowest BCUT2D eigenvalue weighted by atomic mass is 9.74. The predicted octanol–water partition coefficient (Wildman–Crippen LogP) is -0.358. The van der Waals surface area contributed by atoms with Crippen molar-refractivity contribution in [3.05, 3.63) is 18.5 Å². The number of hydrogen-bond donors (Lipinski definition) is 0. The van der Waals surface area contributed by atoms with E-state index >= 15 is 0 Å². The molecule has 3 rings (SSSR count). The molecule has 9 nitrogen and oxygen atoms in total. The van der Waals surface area contributed by atoms with Gasteiger partial charge in [-0.1, -0.05) is 0 Å². The molecule has 2 atom stereocenters. The molecular formula is C16H26N6O3S. The maximum Gasteiger partial charge on any atom is 0.281 e. The van der Waals surface area contributed by atoms with Crippen LogP contribution in [0.25, 0.3) is 0 Å². The summed E-state index contributed by atoms with van der Waals surface area (Å²) in [5.74, 6) is 0.497. The second-order valence-electron chi connectivity index (χ2n) is 7.30. The van der Waals surface area contributed by atoms with Crippen LogP contribution in [0.5, 0.6) is 0 Å². The van der Waals surface area contributed by atoms with Gasteiger partial charge in [0.05, 0.1) is 11.5 Å². The number of carbonyl (C=O) groups excluding carboxylic acids is 1. The quantitative estimate of drug-likeness (QED) is 0.707. The molecule has 1 aromatic heterocycles. The van der Waals surface area contributed by atoms with E-state index in [-0.39, 0.29) is 25.0 Å². The normalized spacial score (nSPS) is 26.8. The number of aromatic nitrogens is 2. The van der Waals surface area contributed by atoms with Crippen LogP contribution >= 0.6 is 0 Å². The summed E-state index contributed by atoms with van der Waals surface area (Å²) in [6.07, 6.45) is 4.76. The third-order valence-electron chi connectivity index (χ3n) is 5.30. The maximum absolute atomic E-state index is 13.1. The molecule has 1 amide bonds. The molecule has 1 aromatic rings. The molecule has 2 saturated heterocycles. The highest BCUT2D eigenvalue weighted by Crippen LogP contribution is 2.45. The first-order valence-electron chi connectivity index (χ1n) is 8.63. The molecule has 2 aliphatic heterocycles. The van der Waals surface area contributed by atoms with Gasteiger partial charge in [-0.25, -0.2) is 9.97 Å². The Morgan fingerprint density at radius 2 is 1.88 bits per heavy atom. The summed E-state index contributed by atoms with van der Waals surface area (Å²) < 4.78 is 28.1. The number of fused-ring (bicyclic) bond motifs is 1. The van der Waals surface area contributed by atoms with Crippen molar-refractivity contribution in [3.63, 3.8) is 0 Å². The van der Waals surface area contributed by atoms with Crippen molar-refractivity contribution >= 4 is 22.1 Å². The van der Waals surface area contributed by atoms with Gasteiger partial charge < -0.3 is 9.80 Å². The first-order chi connectivity index (χ1) is 12.2. The van der Waals surface area contributed by atoms with Gasteiger partial charge in [-0.2, -0.15) is 17.0 Å². The van der Waals surface area contributed by atoms with E-state index in [0.29, 0.717) is 18.9 Å². The van der Waals surface area contributed by atoms with Crippen LogP contribution in [0.4, 0.5) is 5.95 Å². The van der Waals surface area contributed by atoms with Crippen LogP contribution in [0.2, 0.25) is 0 Å². The monoisotopic (exact) mass is 382 g/mol. The van der Waals surface area contributed by atoms with Crippen molar-refractivity contribution in [2.24, 2.45) is 5.41 Å². The van der Waals surface area contributed by atoms with Gasteiger partial charge >= 0.3 is 0 Å². The van der Waals surface area contributed by atoms with Crippen molar-refractivity contribution in [3.8, 4) is 0 Å². The summed E-state index contributed by atoms with van der Waals surface area (Å²) in [5, 5.41) is 0. The Bertz CT molecular complexity index is 769. The van der Waals surface area contributed by atoms with Crippen LogP contribution in [0.15, 0.2) is 18.5 Å². The second-order valence-corrected chi connectivity index (χ2v) is 9.44. The summed E-state index contributed by atoms with van der Waals surface area (Å²) in [7, 11) is 2.85. The topological polar surface area (TPSA) is 90.0 Å². The standard InChI is InChI=1S/C16H26N6O3S/c1-19(2)14(23)16-7-5-10-22(15-17-8-6-9-18-15)13(16)11-21(12-16)26(24,25)20(3)4/h6,8-9,13H,5,7,10-12H2,1-4H3/t13-,16-/m1/s1. The highest BCUT2D eigenvalue weighted by molar-refractivity contribution is 7.86. The Morgan fingerprint density at radius 1 is 1.23 bits per heavy atom. The second kappa shape index (κ2) is 6.75. The number of rotatable bonds is 4. The van der Waals surface area contributed by atoms with Crippen LogP contribution in [-0.4, -0.2) is 91.7 Å². The zero-order valence-corrected chi connectivity index (χ0v) is 16.5. The van der Waals surface area contributed by atoms with Gasteiger partial charge in [0.1, 0.15) is 0 Å². The molecule has 10 heteroatoms. The van der Waals surface area contributed by atoms with E-state index in [1.54, 1.807) is 37.5 Å². The Labute approximate surface area is 154 Å². The minimum Gasteiger partial charge on any atom is -0.348 e. The van der Waals surface area contributed by atoms with Crippen LogP contribution in [-0.2, 0) is 15.0 Å². The lowest BCUT2D eigenvalue weighted by Gasteiger charge is -2.45. The van der Waals surface area contributed by atoms with E-state index in [9.17, 15) is 13.2 Å². The van der Waals surface area contributed by atoms with Gasteiger partial charge in [-0.3, -0.25) is 4.79 Å². The van der Waals surface area contributed by atoms with Crippen molar-refractivity contribution < 1.29 is 13.2 Å². The first-order valence-corrected chi connectivity index (χ1v) is 10.0. The average molecular weight is 382 g/mol. The minimum absolute atomic E-state index is 0.0420. The number of hydrogen-bond acceptors (Lipinski definition) is 6. The third-order valence-corrected chi connectivity index (χ3v) is 7.15. The summed E-state index contributed by atoms with van der Waals surface area (Å²) in [5.41, 5.74) is -0.788. The molecule has 3 heterocycles. The first kappa shape index (κ1) is 19.0. The summed E-state index contributed by atoms with van der Waals surface area (Å²) >= 11 is 0. The summed E-state index contributed by atoms with van der Waals surface area (Å²) in [4.78, 5) is 25.4. The summed E-state index contributed by atoms with van der Waals surface area (Å²) in [6.45, 7) is 1.13. The van der Waals surface area contributed by atoms with Crippen LogP contribution in [0.3, 0.4) is 0 Å². The molecular weight excluding hydrogens is 356 g/mol. The van der Waals surface area contributed by atoms with E-state index in [1.165, 1.54) is 22.7 Å². The van der Waals surface area contributed by atoms with Gasteiger partial charge in [0.2, 0.25) is 11.9 Å².